The van der Waals surface area contributed by atoms with Gasteiger partial charge in [0.1, 0.15) is 6.61 Å². The van der Waals surface area contributed by atoms with Crippen molar-refractivity contribution in [3.8, 4) is 0 Å². The molecule has 1 aliphatic rings. The zero-order chi connectivity index (χ0) is 12.3. The topological polar surface area (TPSA) is 89.1 Å². The van der Waals surface area contributed by atoms with E-state index in [-0.39, 0.29) is 11.4 Å². The minimum absolute atomic E-state index is 0.0438. The van der Waals surface area contributed by atoms with Crippen LogP contribution in [-0.4, -0.2) is 46.4 Å². The monoisotopic (exact) mass is 240 g/mol. The summed E-state index contributed by atoms with van der Waals surface area (Å²) in [6.45, 7) is 6.02. The van der Waals surface area contributed by atoms with Crippen molar-refractivity contribution < 1.29 is 14.3 Å². The largest absolute Gasteiger partial charge is 0.460 e. The predicted molar refractivity (Wildman–Crippen MR) is 58.4 cm³/mol. The lowest BCUT2D eigenvalue weighted by atomic mass is 10.0. The molecule has 0 unspecified atom stereocenters. The van der Waals surface area contributed by atoms with Gasteiger partial charge in [-0.05, 0) is 13.8 Å². The zero-order valence-electron chi connectivity index (χ0n) is 9.95. The van der Waals surface area contributed by atoms with Crippen LogP contribution in [0.25, 0.3) is 0 Å². The number of hydrogen-bond donors (Lipinski definition) is 2. The SMILES string of the molecule is CCOC(=O)c1n[nH]c(COC2(C)CNC2)n1. The first-order valence-electron chi connectivity index (χ1n) is 5.56. The molecular formula is C10H16N4O3. The van der Waals surface area contributed by atoms with Gasteiger partial charge >= 0.3 is 5.97 Å². The van der Waals surface area contributed by atoms with Crippen LogP contribution in [0.1, 0.15) is 30.3 Å². The lowest BCUT2D eigenvalue weighted by molar-refractivity contribution is -0.0789. The fourth-order valence-corrected chi connectivity index (χ4v) is 1.47. The van der Waals surface area contributed by atoms with Crippen LogP contribution >= 0.6 is 0 Å². The molecule has 2 N–H and O–H groups in total. The number of aromatic nitrogens is 3. The molecule has 17 heavy (non-hydrogen) atoms. The summed E-state index contributed by atoms with van der Waals surface area (Å²) >= 11 is 0. The summed E-state index contributed by atoms with van der Waals surface area (Å²) in [5.41, 5.74) is -0.142. The fourth-order valence-electron chi connectivity index (χ4n) is 1.47. The van der Waals surface area contributed by atoms with Crippen LogP contribution in [0.4, 0.5) is 0 Å². The van der Waals surface area contributed by atoms with Gasteiger partial charge in [0.2, 0.25) is 0 Å². The van der Waals surface area contributed by atoms with Crippen molar-refractivity contribution in [2.24, 2.45) is 0 Å². The van der Waals surface area contributed by atoms with Crippen LogP contribution in [0, 0.1) is 0 Å². The Balaban J connectivity index is 1.87. The predicted octanol–water partition coefficient (Wildman–Crippen LogP) is -0.140. The van der Waals surface area contributed by atoms with Crippen molar-refractivity contribution in [1.29, 1.82) is 0 Å². The van der Waals surface area contributed by atoms with E-state index >= 15 is 0 Å². The normalized spacial score (nSPS) is 17.5. The molecule has 1 aromatic heterocycles. The highest BCUT2D eigenvalue weighted by atomic mass is 16.5. The number of nitrogens with zero attached hydrogens (tertiary/aromatic N) is 2. The van der Waals surface area contributed by atoms with Gasteiger partial charge in [-0.1, -0.05) is 0 Å². The van der Waals surface area contributed by atoms with Crippen molar-refractivity contribution in [1.82, 2.24) is 20.5 Å². The maximum atomic E-state index is 11.3. The lowest BCUT2D eigenvalue weighted by Gasteiger charge is -2.38. The van der Waals surface area contributed by atoms with Gasteiger partial charge in [0.15, 0.2) is 5.82 Å². The molecular weight excluding hydrogens is 224 g/mol. The Hall–Kier alpha value is -1.47. The molecule has 94 valence electrons. The standard InChI is InChI=1S/C10H16N4O3/c1-3-16-9(15)8-12-7(13-14-8)4-17-10(2)5-11-6-10/h11H,3-6H2,1-2H3,(H,12,13,14). The van der Waals surface area contributed by atoms with Gasteiger partial charge in [-0.3, -0.25) is 5.10 Å². The van der Waals surface area contributed by atoms with Gasteiger partial charge in [-0.25, -0.2) is 9.78 Å². The number of aromatic amines is 1. The Bertz CT molecular complexity index is 400. The van der Waals surface area contributed by atoms with Gasteiger partial charge in [0.05, 0.1) is 12.2 Å². The van der Waals surface area contributed by atoms with Crippen molar-refractivity contribution in [2.45, 2.75) is 26.1 Å². The van der Waals surface area contributed by atoms with E-state index in [0.29, 0.717) is 19.0 Å². The molecule has 7 heteroatoms. The van der Waals surface area contributed by atoms with Crippen molar-refractivity contribution in [3.05, 3.63) is 11.6 Å². The second kappa shape index (κ2) is 4.80. The summed E-state index contributed by atoms with van der Waals surface area (Å²) in [5.74, 6) is 0.0510. The summed E-state index contributed by atoms with van der Waals surface area (Å²) in [4.78, 5) is 15.3. The molecule has 1 aromatic rings. The quantitative estimate of drug-likeness (QED) is 0.696. The fraction of sp³-hybridized carbons (Fsp3) is 0.700. The average molecular weight is 240 g/mol. The maximum absolute atomic E-state index is 11.3. The molecule has 7 nitrogen and oxygen atoms in total. The van der Waals surface area contributed by atoms with E-state index in [1.165, 1.54) is 0 Å². The van der Waals surface area contributed by atoms with Crippen LogP contribution in [0.3, 0.4) is 0 Å². The van der Waals surface area contributed by atoms with E-state index in [1.807, 2.05) is 6.92 Å². The minimum Gasteiger partial charge on any atom is -0.460 e. The Morgan fingerprint density at radius 2 is 2.29 bits per heavy atom. The second-order valence-electron chi connectivity index (χ2n) is 4.17. The molecule has 0 aromatic carbocycles. The number of carbonyl (C=O) groups is 1. The average Bonchev–Trinajstić information content (AvgIpc) is 2.73. The number of nitrogens with one attached hydrogen (secondary N) is 2. The highest BCUT2D eigenvalue weighted by molar-refractivity contribution is 5.84. The van der Waals surface area contributed by atoms with Crippen LogP contribution in [0.2, 0.25) is 0 Å². The maximum Gasteiger partial charge on any atom is 0.378 e. The van der Waals surface area contributed by atoms with Crippen molar-refractivity contribution >= 4 is 5.97 Å². The molecule has 0 atom stereocenters. The van der Waals surface area contributed by atoms with Gasteiger partial charge in [0, 0.05) is 13.1 Å². The number of ether oxygens (including phenoxy) is 2. The van der Waals surface area contributed by atoms with Crippen molar-refractivity contribution in [2.75, 3.05) is 19.7 Å². The van der Waals surface area contributed by atoms with E-state index in [0.717, 1.165) is 13.1 Å². The second-order valence-corrected chi connectivity index (χ2v) is 4.17. The highest BCUT2D eigenvalue weighted by Gasteiger charge is 2.32. The number of H-pyrrole nitrogens is 1. The van der Waals surface area contributed by atoms with E-state index in [1.54, 1.807) is 6.92 Å². The van der Waals surface area contributed by atoms with E-state index in [4.69, 9.17) is 9.47 Å². The smallest absolute Gasteiger partial charge is 0.378 e. The van der Waals surface area contributed by atoms with Gasteiger partial charge in [-0.15, -0.1) is 5.10 Å². The van der Waals surface area contributed by atoms with E-state index < -0.39 is 5.97 Å². The summed E-state index contributed by atoms with van der Waals surface area (Å²) in [7, 11) is 0. The Morgan fingerprint density at radius 3 is 2.88 bits per heavy atom. The van der Waals surface area contributed by atoms with Crippen LogP contribution in [0.5, 0.6) is 0 Å². The minimum atomic E-state index is -0.522. The molecule has 0 spiro atoms. The van der Waals surface area contributed by atoms with E-state index in [2.05, 4.69) is 20.5 Å². The molecule has 1 aliphatic heterocycles. The molecule has 0 aliphatic carbocycles. The van der Waals surface area contributed by atoms with Crippen LogP contribution < -0.4 is 5.32 Å². The Kier molecular flexibility index (Phi) is 3.39. The third-order valence-corrected chi connectivity index (χ3v) is 2.54. The van der Waals surface area contributed by atoms with Crippen LogP contribution in [-0.2, 0) is 16.1 Å². The summed E-state index contributed by atoms with van der Waals surface area (Å²) in [5, 5.41) is 9.56. The third-order valence-electron chi connectivity index (χ3n) is 2.54. The van der Waals surface area contributed by atoms with Crippen molar-refractivity contribution in [3.63, 3.8) is 0 Å². The molecule has 0 amide bonds. The first-order chi connectivity index (χ1) is 8.13. The van der Waals surface area contributed by atoms with Crippen LogP contribution in [0.15, 0.2) is 0 Å². The molecule has 2 rings (SSSR count). The summed E-state index contributed by atoms with van der Waals surface area (Å²) in [6, 6.07) is 0. The molecule has 0 radical (unpaired) electrons. The number of esters is 1. The van der Waals surface area contributed by atoms with Gasteiger partial charge in [0.25, 0.3) is 5.82 Å². The lowest BCUT2D eigenvalue weighted by Crippen LogP contribution is -2.58. The Labute approximate surface area is 98.9 Å². The van der Waals surface area contributed by atoms with Gasteiger partial charge in [-0.2, -0.15) is 0 Å². The first kappa shape index (κ1) is 12.0. The summed E-state index contributed by atoms with van der Waals surface area (Å²) < 4.78 is 10.4. The Morgan fingerprint density at radius 1 is 1.53 bits per heavy atom. The molecule has 1 saturated heterocycles. The third kappa shape index (κ3) is 2.80. The van der Waals surface area contributed by atoms with Gasteiger partial charge < -0.3 is 14.8 Å². The molecule has 0 bridgehead atoms. The van der Waals surface area contributed by atoms with E-state index in [9.17, 15) is 4.79 Å². The summed E-state index contributed by atoms with van der Waals surface area (Å²) in [6.07, 6.45) is 0. The molecule has 2 heterocycles. The zero-order valence-corrected chi connectivity index (χ0v) is 9.95. The first-order valence-corrected chi connectivity index (χ1v) is 5.56. The highest BCUT2D eigenvalue weighted by Crippen LogP contribution is 2.16. The number of rotatable bonds is 5. The number of hydrogen-bond acceptors (Lipinski definition) is 6. The molecule has 0 saturated carbocycles. The molecule has 1 fully saturated rings. The number of carbonyl (C=O) groups excluding carboxylic acids is 1.